The molecule has 0 heterocycles. The minimum Gasteiger partial charge on any atom is -0.330 e. The number of hydrogen-bond donors (Lipinski definition) is 1. The first-order chi connectivity index (χ1) is 9.08. The number of rotatable bonds is 5. The Morgan fingerprint density at radius 2 is 2.11 bits per heavy atom. The largest absolute Gasteiger partial charge is 0.330 e. The van der Waals surface area contributed by atoms with Crippen molar-refractivity contribution < 1.29 is 4.92 Å². The molecule has 0 saturated heterocycles. The van der Waals surface area contributed by atoms with E-state index in [1.165, 1.54) is 25.7 Å². The molecule has 1 aromatic rings. The van der Waals surface area contributed by atoms with Crippen LogP contribution in [0.15, 0.2) is 24.3 Å². The summed E-state index contributed by atoms with van der Waals surface area (Å²) in [6, 6.07) is 6.92. The first-order valence-electron chi connectivity index (χ1n) is 7.02. The van der Waals surface area contributed by atoms with Crippen molar-refractivity contribution in [2.24, 2.45) is 17.1 Å². The fourth-order valence-corrected chi connectivity index (χ4v) is 3.26. The third-order valence-corrected chi connectivity index (χ3v) is 4.54. The Kier molecular flexibility index (Phi) is 4.20. The number of hydrogen-bond acceptors (Lipinski definition) is 3. The molecule has 0 aromatic heterocycles. The molecule has 104 valence electrons. The maximum atomic E-state index is 10.6. The molecule has 2 unspecified atom stereocenters. The van der Waals surface area contributed by atoms with Crippen LogP contribution in [0.3, 0.4) is 0 Å². The van der Waals surface area contributed by atoms with E-state index in [1.54, 1.807) is 12.1 Å². The van der Waals surface area contributed by atoms with Crippen LogP contribution in [0.5, 0.6) is 0 Å². The minimum absolute atomic E-state index is 0.156. The quantitative estimate of drug-likeness (QED) is 0.654. The van der Waals surface area contributed by atoms with E-state index in [1.807, 2.05) is 12.1 Å². The van der Waals surface area contributed by atoms with Crippen molar-refractivity contribution in [3.63, 3.8) is 0 Å². The Labute approximate surface area is 114 Å². The molecular weight excluding hydrogens is 240 g/mol. The van der Waals surface area contributed by atoms with Crippen LogP contribution in [0, 0.1) is 21.4 Å². The van der Waals surface area contributed by atoms with Crippen molar-refractivity contribution in [3.8, 4) is 0 Å². The number of nitrogens with two attached hydrogens (primary N) is 1. The normalized spacial score (nSPS) is 26.5. The highest BCUT2D eigenvalue weighted by molar-refractivity contribution is 5.33. The zero-order valence-corrected chi connectivity index (χ0v) is 11.5. The molecule has 0 spiro atoms. The predicted octanol–water partition coefficient (Wildman–Crippen LogP) is 3.29. The summed E-state index contributed by atoms with van der Waals surface area (Å²) in [6.07, 6.45) is 5.80. The summed E-state index contributed by atoms with van der Waals surface area (Å²) in [5.74, 6) is 0.793. The van der Waals surface area contributed by atoms with Gasteiger partial charge in [0.15, 0.2) is 0 Å². The van der Waals surface area contributed by atoms with Crippen molar-refractivity contribution >= 4 is 5.69 Å². The zero-order valence-electron chi connectivity index (χ0n) is 11.5. The van der Waals surface area contributed by atoms with E-state index in [0.29, 0.717) is 6.54 Å². The average molecular weight is 262 g/mol. The van der Waals surface area contributed by atoms with Gasteiger partial charge < -0.3 is 5.73 Å². The first kappa shape index (κ1) is 14.0. The van der Waals surface area contributed by atoms with Gasteiger partial charge >= 0.3 is 0 Å². The van der Waals surface area contributed by atoms with Crippen molar-refractivity contribution in [2.45, 2.75) is 39.0 Å². The van der Waals surface area contributed by atoms with Crippen LogP contribution in [0.25, 0.3) is 0 Å². The van der Waals surface area contributed by atoms with Crippen molar-refractivity contribution in [1.29, 1.82) is 0 Å². The van der Waals surface area contributed by atoms with E-state index in [-0.39, 0.29) is 16.0 Å². The lowest BCUT2D eigenvalue weighted by atomic mass is 9.79. The molecule has 19 heavy (non-hydrogen) atoms. The molecule has 1 aromatic carbocycles. The third-order valence-electron chi connectivity index (χ3n) is 4.54. The van der Waals surface area contributed by atoms with E-state index in [2.05, 4.69) is 6.92 Å². The van der Waals surface area contributed by atoms with E-state index < -0.39 is 0 Å². The van der Waals surface area contributed by atoms with Crippen LogP contribution in [-0.4, -0.2) is 11.5 Å². The van der Waals surface area contributed by atoms with Crippen LogP contribution >= 0.6 is 0 Å². The molecule has 1 aliphatic carbocycles. The predicted molar refractivity (Wildman–Crippen MR) is 75.9 cm³/mol. The van der Waals surface area contributed by atoms with Gasteiger partial charge in [0.25, 0.3) is 5.69 Å². The average Bonchev–Trinajstić information content (AvgIpc) is 2.83. The molecule has 4 heteroatoms. The van der Waals surface area contributed by atoms with Gasteiger partial charge in [-0.05, 0) is 49.1 Å². The summed E-state index contributed by atoms with van der Waals surface area (Å²) in [7, 11) is 0. The van der Waals surface area contributed by atoms with Crippen LogP contribution < -0.4 is 5.73 Å². The van der Waals surface area contributed by atoms with Crippen LogP contribution in [-0.2, 0) is 6.42 Å². The Bertz CT molecular complexity index is 444. The Balaban J connectivity index is 2.08. The molecule has 1 saturated carbocycles. The van der Waals surface area contributed by atoms with Crippen LogP contribution in [0.1, 0.15) is 38.2 Å². The molecule has 0 aliphatic heterocycles. The van der Waals surface area contributed by atoms with Gasteiger partial charge in [0.05, 0.1) is 4.92 Å². The molecule has 1 fully saturated rings. The second-order valence-corrected chi connectivity index (χ2v) is 5.82. The summed E-state index contributed by atoms with van der Waals surface area (Å²) in [6.45, 7) is 2.95. The van der Waals surface area contributed by atoms with Gasteiger partial charge in [0.1, 0.15) is 0 Å². The first-order valence-corrected chi connectivity index (χ1v) is 7.02. The number of nitro benzene ring substituents is 1. The second kappa shape index (κ2) is 5.70. The van der Waals surface area contributed by atoms with E-state index in [9.17, 15) is 10.1 Å². The van der Waals surface area contributed by atoms with Gasteiger partial charge in [0, 0.05) is 12.1 Å². The molecule has 2 atom stereocenters. The number of benzene rings is 1. The summed E-state index contributed by atoms with van der Waals surface area (Å²) in [5, 5.41) is 10.6. The fraction of sp³-hybridized carbons (Fsp3) is 0.600. The summed E-state index contributed by atoms with van der Waals surface area (Å²) < 4.78 is 0. The van der Waals surface area contributed by atoms with Crippen LogP contribution in [0.2, 0.25) is 0 Å². The van der Waals surface area contributed by atoms with Gasteiger partial charge in [-0.3, -0.25) is 10.1 Å². The van der Waals surface area contributed by atoms with E-state index in [4.69, 9.17) is 5.73 Å². The Morgan fingerprint density at radius 1 is 1.42 bits per heavy atom. The lowest BCUT2D eigenvalue weighted by Crippen LogP contribution is -2.30. The highest BCUT2D eigenvalue weighted by Crippen LogP contribution is 2.44. The monoisotopic (exact) mass is 262 g/mol. The number of nitrogens with zero attached hydrogens (tertiary/aromatic N) is 1. The van der Waals surface area contributed by atoms with Gasteiger partial charge in [-0.15, -0.1) is 0 Å². The maximum absolute atomic E-state index is 10.6. The van der Waals surface area contributed by atoms with E-state index >= 15 is 0 Å². The third kappa shape index (κ3) is 3.13. The molecule has 0 radical (unpaired) electrons. The molecular formula is C15H22N2O2. The van der Waals surface area contributed by atoms with Crippen molar-refractivity contribution in [1.82, 2.24) is 0 Å². The molecule has 4 nitrogen and oxygen atoms in total. The maximum Gasteiger partial charge on any atom is 0.269 e. The number of non-ortho nitro benzene ring substituents is 1. The van der Waals surface area contributed by atoms with Crippen LogP contribution in [0.4, 0.5) is 5.69 Å². The highest BCUT2D eigenvalue weighted by atomic mass is 16.6. The molecule has 2 N–H and O–H groups in total. The van der Waals surface area contributed by atoms with Gasteiger partial charge in [-0.2, -0.15) is 0 Å². The summed E-state index contributed by atoms with van der Waals surface area (Å²) in [4.78, 5) is 10.3. The zero-order chi connectivity index (χ0) is 13.9. The van der Waals surface area contributed by atoms with Gasteiger partial charge in [-0.25, -0.2) is 0 Å². The smallest absolute Gasteiger partial charge is 0.269 e. The molecule has 0 bridgehead atoms. The lowest BCUT2D eigenvalue weighted by Gasteiger charge is -2.28. The number of nitro groups is 1. The van der Waals surface area contributed by atoms with Gasteiger partial charge in [0.2, 0.25) is 0 Å². The molecule has 2 rings (SSSR count). The topological polar surface area (TPSA) is 69.2 Å². The molecule has 1 aliphatic rings. The Morgan fingerprint density at radius 3 is 2.58 bits per heavy atom. The van der Waals surface area contributed by atoms with E-state index in [0.717, 1.165) is 17.9 Å². The molecule has 0 amide bonds. The highest BCUT2D eigenvalue weighted by Gasteiger charge is 2.37. The van der Waals surface area contributed by atoms with Gasteiger partial charge in [-0.1, -0.05) is 25.5 Å². The van der Waals surface area contributed by atoms with Crippen molar-refractivity contribution in [3.05, 3.63) is 39.9 Å². The standard InChI is InChI=1S/C15H22N2O2/c1-2-12-7-8-15(9-12,11-16)10-13-3-5-14(6-4-13)17(18)19/h3-6,12H,2,7-11,16H2,1H3. The second-order valence-electron chi connectivity index (χ2n) is 5.82. The summed E-state index contributed by atoms with van der Waals surface area (Å²) in [5.41, 5.74) is 7.52. The SMILES string of the molecule is CCC1CCC(CN)(Cc2ccc([N+](=O)[O-])cc2)C1. The lowest BCUT2D eigenvalue weighted by molar-refractivity contribution is -0.384. The van der Waals surface area contributed by atoms with Crippen molar-refractivity contribution in [2.75, 3.05) is 6.54 Å². The fourth-order valence-electron chi connectivity index (χ4n) is 3.26. The summed E-state index contributed by atoms with van der Waals surface area (Å²) >= 11 is 0. The minimum atomic E-state index is -0.356. The Hall–Kier alpha value is -1.42.